The Kier molecular flexibility index (Phi) is 5.88. The number of urea groups is 1. The lowest BCUT2D eigenvalue weighted by Gasteiger charge is -2.45. The minimum absolute atomic E-state index is 0.0514. The van der Waals surface area contributed by atoms with Gasteiger partial charge in [-0.1, -0.05) is 31.9 Å². The number of carbonyl (C=O) groups is 1. The molecule has 2 rings (SSSR count). The summed E-state index contributed by atoms with van der Waals surface area (Å²) in [6.45, 7) is 2.96. The lowest BCUT2D eigenvalue weighted by atomic mass is 9.75. The van der Waals surface area contributed by atoms with Gasteiger partial charge in [-0.25, -0.2) is 4.79 Å². The molecule has 5 nitrogen and oxygen atoms in total. The molecule has 2 N–H and O–H groups in total. The molecule has 2 amide bonds. The second-order valence-electron chi connectivity index (χ2n) is 6.83. The standard InChI is InChI=1S/C18H29N3O2/c1-14-8-7-11-18(12-14,21(2)3)13-19-17(22)20-15-9-5-6-10-16(15)23-4/h5-6,9-10,14H,7-8,11-13H2,1-4H3,(H2,19,20,22). The first-order valence-electron chi connectivity index (χ1n) is 8.32. The van der Waals surface area contributed by atoms with Crippen LogP contribution in [0.2, 0.25) is 0 Å². The molecule has 0 saturated heterocycles. The first-order chi connectivity index (χ1) is 11.0. The summed E-state index contributed by atoms with van der Waals surface area (Å²) >= 11 is 0. The second kappa shape index (κ2) is 7.68. The van der Waals surface area contributed by atoms with Crippen LogP contribution in [0.4, 0.5) is 10.5 Å². The third kappa shape index (κ3) is 4.38. The Morgan fingerprint density at radius 1 is 1.39 bits per heavy atom. The van der Waals surface area contributed by atoms with Crippen molar-refractivity contribution in [1.29, 1.82) is 0 Å². The molecule has 2 unspecified atom stereocenters. The Morgan fingerprint density at radius 3 is 2.78 bits per heavy atom. The molecular formula is C18H29N3O2. The van der Waals surface area contributed by atoms with E-state index in [0.29, 0.717) is 23.9 Å². The lowest BCUT2D eigenvalue weighted by Crippen LogP contribution is -2.55. The number of carbonyl (C=O) groups excluding carboxylic acids is 1. The molecule has 1 aromatic rings. The van der Waals surface area contributed by atoms with Crippen molar-refractivity contribution in [3.8, 4) is 5.75 Å². The van der Waals surface area contributed by atoms with Gasteiger partial charge in [0.15, 0.2) is 0 Å². The van der Waals surface area contributed by atoms with Crippen LogP contribution in [0.3, 0.4) is 0 Å². The van der Waals surface area contributed by atoms with Crippen molar-refractivity contribution >= 4 is 11.7 Å². The van der Waals surface area contributed by atoms with Crippen molar-refractivity contribution in [2.24, 2.45) is 5.92 Å². The minimum Gasteiger partial charge on any atom is -0.495 e. The molecule has 1 aliphatic carbocycles. The summed E-state index contributed by atoms with van der Waals surface area (Å²) in [5, 5.41) is 5.92. The number of nitrogens with one attached hydrogen (secondary N) is 2. The third-order valence-electron chi connectivity index (χ3n) is 4.95. The van der Waals surface area contributed by atoms with Gasteiger partial charge in [0.2, 0.25) is 0 Å². The highest BCUT2D eigenvalue weighted by Crippen LogP contribution is 2.35. The normalized spacial score (nSPS) is 24.3. The van der Waals surface area contributed by atoms with E-state index in [9.17, 15) is 4.79 Å². The Balaban J connectivity index is 1.97. The SMILES string of the molecule is COc1ccccc1NC(=O)NCC1(N(C)C)CCCC(C)C1. The van der Waals surface area contributed by atoms with Crippen molar-refractivity contribution in [1.82, 2.24) is 10.2 Å². The van der Waals surface area contributed by atoms with Crippen LogP contribution in [-0.2, 0) is 0 Å². The van der Waals surface area contributed by atoms with E-state index in [1.807, 2.05) is 24.3 Å². The number of benzene rings is 1. The number of hydrogen-bond acceptors (Lipinski definition) is 3. The summed E-state index contributed by atoms with van der Waals surface area (Å²) in [6, 6.07) is 7.24. The quantitative estimate of drug-likeness (QED) is 0.875. The van der Waals surface area contributed by atoms with Gasteiger partial charge in [0, 0.05) is 12.1 Å². The number of likely N-dealkylation sites (N-methyl/N-ethyl adjacent to an activating group) is 1. The smallest absolute Gasteiger partial charge is 0.319 e. The zero-order valence-corrected chi connectivity index (χ0v) is 14.7. The van der Waals surface area contributed by atoms with Crippen molar-refractivity contribution in [3.05, 3.63) is 24.3 Å². The highest BCUT2D eigenvalue weighted by molar-refractivity contribution is 5.90. The van der Waals surface area contributed by atoms with Crippen LogP contribution < -0.4 is 15.4 Å². The summed E-state index contributed by atoms with van der Waals surface area (Å²) < 4.78 is 5.26. The van der Waals surface area contributed by atoms with Crippen molar-refractivity contribution in [2.75, 3.05) is 33.1 Å². The number of ether oxygens (including phenoxy) is 1. The number of rotatable bonds is 5. The number of methoxy groups -OCH3 is 1. The van der Waals surface area contributed by atoms with Gasteiger partial charge in [0.1, 0.15) is 5.75 Å². The molecule has 0 spiro atoms. The van der Waals surface area contributed by atoms with Gasteiger partial charge in [0.25, 0.3) is 0 Å². The molecule has 23 heavy (non-hydrogen) atoms. The number of amides is 2. The number of hydrogen-bond donors (Lipinski definition) is 2. The predicted molar refractivity (Wildman–Crippen MR) is 94.1 cm³/mol. The van der Waals surface area contributed by atoms with Gasteiger partial charge in [0.05, 0.1) is 12.8 Å². The molecule has 128 valence electrons. The number of anilines is 1. The van der Waals surface area contributed by atoms with E-state index < -0.39 is 0 Å². The van der Waals surface area contributed by atoms with Gasteiger partial charge in [-0.15, -0.1) is 0 Å². The predicted octanol–water partition coefficient (Wildman–Crippen LogP) is 3.33. The van der Waals surface area contributed by atoms with E-state index in [1.165, 1.54) is 12.8 Å². The summed E-state index contributed by atoms with van der Waals surface area (Å²) in [4.78, 5) is 14.5. The van der Waals surface area contributed by atoms with Gasteiger partial charge in [-0.05, 0) is 45.0 Å². The van der Waals surface area contributed by atoms with Gasteiger partial charge in [-0.3, -0.25) is 0 Å². The Hall–Kier alpha value is -1.75. The zero-order chi connectivity index (χ0) is 16.9. The molecule has 1 saturated carbocycles. The van der Waals surface area contributed by atoms with Crippen LogP contribution in [0.1, 0.15) is 32.6 Å². The first kappa shape index (κ1) is 17.6. The Bertz CT molecular complexity index is 533. The average Bonchev–Trinajstić information content (AvgIpc) is 2.53. The van der Waals surface area contributed by atoms with Gasteiger partial charge >= 0.3 is 6.03 Å². The lowest BCUT2D eigenvalue weighted by molar-refractivity contribution is 0.0779. The highest BCUT2D eigenvalue weighted by atomic mass is 16.5. The summed E-state index contributed by atoms with van der Waals surface area (Å²) in [5.74, 6) is 1.36. The Morgan fingerprint density at radius 2 is 2.13 bits per heavy atom. The summed E-state index contributed by atoms with van der Waals surface area (Å²) in [5.41, 5.74) is 0.735. The molecule has 1 fully saturated rings. The summed E-state index contributed by atoms with van der Waals surface area (Å²) in [7, 11) is 5.82. The van der Waals surface area contributed by atoms with Crippen LogP contribution >= 0.6 is 0 Å². The molecular weight excluding hydrogens is 290 g/mol. The molecule has 1 aliphatic rings. The molecule has 0 bridgehead atoms. The molecule has 0 aromatic heterocycles. The van der Waals surface area contributed by atoms with Crippen LogP contribution in [0.25, 0.3) is 0 Å². The van der Waals surface area contributed by atoms with Crippen LogP contribution in [0.5, 0.6) is 5.75 Å². The van der Waals surface area contributed by atoms with E-state index in [1.54, 1.807) is 7.11 Å². The molecule has 0 radical (unpaired) electrons. The topological polar surface area (TPSA) is 53.6 Å². The monoisotopic (exact) mass is 319 g/mol. The second-order valence-corrected chi connectivity index (χ2v) is 6.83. The number of para-hydroxylation sites is 2. The molecule has 2 atom stereocenters. The van der Waals surface area contributed by atoms with Crippen molar-refractivity contribution in [2.45, 2.75) is 38.1 Å². The average molecular weight is 319 g/mol. The minimum atomic E-state index is -0.186. The number of nitrogens with zero attached hydrogens (tertiary/aromatic N) is 1. The van der Waals surface area contributed by atoms with Gasteiger partial charge < -0.3 is 20.3 Å². The molecule has 0 aliphatic heterocycles. The van der Waals surface area contributed by atoms with Crippen molar-refractivity contribution < 1.29 is 9.53 Å². The molecule has 0 heterocycles. The van der Waals surface area contributed by atoms with Crippen LogP contribution in [-0.4, -0.2) is 44.2 Å². The van der Waals surface area contributed by atoms with Crippen molar-refractivity contribution in [3.63, 3.8) is 0 Å². The highest BCUT2D eigenvalue weighted by Gasteiger charge is 2.37. The zero-order valence-electron chi connectivity index (χ0n) is 14.7. The maximum Gasteiger partial charge on any atom is 0.319 e. The Labute approximate surface area is 139 Å². The van der Waals surface area contributed by atoms with E-state index in [2.05, 4.69) is 36.6 Å². The van der Waals surface area contributed by atoms with Crippen LogP contribution in [0, 0.1) is 5.92 Å². The van der Waals surface area contributed by atoms with Crippen LogP contribution in [0.15, 0.2) is 24.3 Å². The summed E-state index contributed by atoms with van der Waals surface area (Å²) in [6.07, 6.45) is 4.74. The van der Waals surface area contributed by atoms with E-state index in [-0.39, 0.29) is 11.6 Å². The fourth-order valence-corrected chi connectivity index (χ4v) is 3.52. The van der Waals surface area contributed by atoms with E-state index in [4.69, 9.17) is 4.74 Å². The maximum absolute atomic E-state index is 12.3. The fraction of sp³-hybridized carbons (Fsp3) is 0.611. The third-order valence-corrected chi connectivity index (χ3v) is 4.95. The first-order valence-corrected chi connectivity index (χ1v) is 8.32. The van der Waals surface area contributed by atoms with E-state index >= 15 is 0 Å². The molecule has 5 heteroatoms. The van der Waals surface area contributed by atoms with E-state index in [0.717, 1.165) is 12.8 Å². The van der Waals surface area contributed by atoms with Gasteiger partial charge in [-0.2, -0.15) is 0 Å². The maximum atomic E-state index is 12.3. The molecule has 1 aromatic carbocycles. The largest absolute Gasteiger partial charge is 0.495 e. The fourth-order valence-electron chi connectivity index (χ4n) is 3.52.